The van der Waals surface area contributed by atoms with Crippen LogP contribution in [0.1, 0.15) is 0 Å². The largest absolute Gasteiger partial charge is 0.527 e. The maximum Gasteiger partial charge on any atom is 0.527 e. The zero-order valence-corrected chi connectivity index (χ0v) is 10.8. The first kappa shape index (κ1) is 23.9. The Hall–Kier alpha value is -1.10. The summed E-state index contributed by atoms with van der Waals surface area (Å²) in [4.78, 5) is 0. The maximum atomic E-state index is 12.8. The van der Waals surface area contributed by atoms with Gasteiger partial charge in [-0.05, 0) is 0 Å². The second-order valence-electron chi connectivity index (χ2n) is 4.10. The molecule has 0 spiro atoms. The van der Waals surface area contributed by atoms with Gasteiger partial charge < -0.3 is 5.11 Å². The van der Waals surface area contributed by atoms with E-state index in [4.69, 9.17) is 5.11 Å². The zero-order valence-electron chi connectivity index (χ0n) is 10.8. The predicted molar refractivity (Wildman–Crippen MR) is 44.9 cm³/mol. The Labute approximate surface area is 127 Å². The van der Waals surface area contributed by atoms with Crippen LogP contribution in [-0.4, -0.2) is 54.4 Å². The van der Waals surface area contributed by atoms with Gasteiger partial charge in [-0.1, -0.05) is 0 Å². The Bertz CT molecular complexity index is 457. The summed E-state index contributed by atoms with van der Waals surface area (Å²) in [6.45, 7) is -2.78. The Balaban J connectivity index is 5.68. The van der Waals surface area contributed by atoms with Crippen LogP contribution in [0.15, 0.2) is 0 Å². The number of ether oxygens (including phenoxy) is 2. The Morgan fingerprint density at radius 1 is 0.680 bits per heavy atom. The molecule has 0 saturated carbocycles. The highest BCUT2D eigenvalue weighted by Crippen LogP contribution is 2.51. The van der Waals surface area contributed by atoms with Crippen molar-refractivity contribution in [3.63, 3.8) is 0 Å². The zero-order chi connectivity index (χ0) is 20.7. The van der Waals surface area contributed by atoms with E-state index in [-0.39, 0.29) is 0 Å². The summed E-state index contributed by atoms with van der Waals surface area (Å²) < 4.78 is 176. The number of rotatable bonds is 8. The van der Waals surface area contributed by atoms with Gasteiger partial charge in [-0.2, -0.15) is 35.1 Å². The van der Waals surface area contributed by atoms with Crippen LogP contribution in [0.3, 0.4) is 0 Å². The SMILES string of the molecule is OCC(F)(F)C(F)C(F)(F)OC(F)(F)C(F)(F)C(F)(F)OC(F)(F)F. The average molecular weight is 414 g/mol. The molecule has 0 aromatic heterocycles. The minimum atomic E-state index is -7.52. The third-order valence-corrected chi connectivity index (χ3v) is 2.12. The van der Waals surface area contributed by atoms with Crippen molar-refractivity contribution in [2.24, 2.45) is 0 Å². The van der Waals surface area contributed by atoms with E-state index in [9.17, 15) is 61.5 Å². The minimum Gasteiger partial charge on any atom is -0.390 e. The lowest BCUT2D eigenvalue weighted by atomic mass is 10.2. The Morgan fingerprint density at radius 3 is 1.36 bits per heavy atom. The summed E-state index contributed by atoms with van der Waals surface area (Å²) in [6, 6.07) is 0. The minimum absolute atomic E-state index is 1.37. The summed E-state index contributed by atoms with van der Waals surface area (Å²) >= 11 is 0. The Morgan fingerprint density at radius 2 is 1.04 bits per heavy atom. The van der Waals surface area contributed by atoms with Crippen molar-refractivity contribution in [3.05, 3.63) is 0 Å². The van der Waals surface area contributed by atoms with Crippen molar-refractivity contribution >= 4 is 0 Å². The third-order valence-electron chi connectivity index (χ3n) is 2.12. The smallest absolute Gasteiger partial charge is 0.390 e. The van der Waals surface area contributed by atoms with Gasteiger partial charge in [0.25, 0.3) is 6.17 Å². The molecule has 25 heavy (non-hydrogen) atoms. The molecular formula is C8H4F14O3. The van der Waals surface area contributed by atoms with Crippen LogP contribution in [0, 0.1) is 0 Å². The molecule has 0 heterocycles. The quantitative estimate of drug-likeness (QED) is 0.613. The lowest BCUT2D eigenvalue weighted by Gasteiger charge is -2.35. The Kier molecular flexibility index (Phi) is 6.28. The molecule has 1 N–H and O–H groups in total. The van der Waals surface area contributed by atoms with E-state index >= 15 is 0 Å². The van der Waals surface area contributed by atoms with Crippen molar-refractivity contribution in [2.75, 3.05) is 6.61 Å². The molecule has 0 fully saturated rings. The van der Waals surface area contributed by atoms with Crippen LogP contribution in [0.2, 0.25) is 0 Å². The number of hydrogen-bond acceptors (Lipinski definition) is 3. The molecule has 0 saturated heterocycles. The molecule has 0 amide bonds. The molecule has 0 aliphatic rings. The van der Waals surface area contributed by atoms with Crippen molar-refractivity contribution in [1.82, 2.24) is 0 Å². The summed E-state index contributed by atoms with van der Waals surface area (Å²) in [7, 11) is 0. The van der Waals surface area contributed by atoms with Crippen molar-refractivity contribution < 1.29 is 76.0 Å². The van der Waals surface area contributed by atoms with E-state index in [0.717, 1.165) is 0 Å². The van der Waals surface area contributed by atoms with Crippen LogP contribution < -0.4 is 0 Å². The first-order valence-electron chi connectivity index (χ1n) is 5.24. The summed E-state index contributed by atoms with van der Waals surface area (Å²) in [5.74, 6) is -13.1. The number of hydrogen-bond donors (Lipinski definition) is 1. The van der Waals surface area contributed by atoms with Gasteiger partial charge >= 0.3 is 36.5 Å². The second-order valence-corrected chi connectivity index (χ2v) is 4.10. The second kappa shape index (κ2) is 6.57. The van der Waals surface area contributed by atoms with E-state index in [1.165, 1.54) is 4.74 Å². The van der Waals surface area contributed by atoms with Gasteiger partial charge in [0.1, 0.15) is 6.61 Å². The number of aliphatic hydroxyl groups excluding tert-OH is 1. The van der Waals surface area contributed by atoms with Crippen LogP contribution in [0.25, 0.3) is 0 Å². The van der Waals surface area contributed by atoms with Crippen molar-refractivity contribution in [3.8, 4) is 0 Å². The highest BCUT2D eigenvalue weighted by atomic mass is 19.4. The van der Waals surface area contributed by atoms with Gasteiger partial charge in [0, 0.05) is 0 Å². The number of aliphatic hydroxyl groups is 1. The third kappa shape index (κ3) is 5.19. The molecule has 3 nitrogen and oxygen atoms in total. The van der Waals surface area contributed by atoms with E-state index < -0.39 is 49.3 Å². The van der Waals surface area contributed by atoms with E-state index in [1.807, 2.05) is 0 Å². The topological polar surface area (TPSA) is 38.7 Å². The van der Waals surface area contributed by atoms with Gasteiger partial charge in [0.05, 0.1) is 0 Å². The van der Waals surface area contributed by atoms with Crippen LogP contribution in [0.4, 0.5) is 61.5 Å². The first-order chi connectivity index (χ1) is 10.6. The van der Waals surface area contributed by atoms with Gasteiger partial charge in [-0.25, -0.2) is 22.6 Å². The summed E-state index contributed by atoms with van der Waals surface area (Å²) in [5.41, 5.74) is 0. The molecular weight excluding hydrogens is 410 g/mol. The van der Waals surface area contributed by atoms with Crippen LogP contribution in [-0.2, 0) is 9.47 Å². The van der Waals surface area contributed by atoms with Gasteiger partial charge in [-0.3, -0.25) is 0 Å². The molecule has 17 heteroatoms. The lowest BCUT2D eigenvalue weighted by molar-refractivity contribution is -0.528. The molecule has 0 radical (unpaired) electrons. The van der Waals surface area contributed by atoms with Gasteiger partial charge in [0.15, 0.2) is 0 Å². The number of halogens is 14. The average Bonchev–Trinajstić information content (AvgIpc) is 2.33. The highest BCUT2D eigenvalue weighted by Gasteiger charge is 2.79. The molecule has 0 aliphatic heterocycles. The fraction of sp³-hybridized carbons (Fsp3) is 1.00. The summed E-state index contributed by atoms with van der Waals surface area (Å²) in [5, 5.41) is 7.86. The lowest BCUT2D eigenvalue weighted by Crippen LogP contribution is -2.61. The number of alkyl halides is 14. The predicted octanol–water partition coefficient (Wildman–Crippen LogP) is 3.92. The molecule has 0 bridgehead atoms. The monoisotopic (exact) mass is 414 g/mol. The van der Waals surface area contributed by atoms with Crippen molar-refractivity contribution in [1.29, 1.82) is 0 Å². The van der Waals surface area contributed by atoms with Gasteiger partial charge in [0.2, 0.25) is 0 Å². The van der Waals surface area contributed by atoms with E-state index in [2.05, 4.69) is 0 Å². The van der Waals surface area contributed by atoms with Crippen molar-refractivity contribution in [2.45, 2.75) is 42.7 Å². The van der Waals surface area contributed by atoms with Crippen LogP contribution >= 0.6 is 0 Å². The molecule has 1 atom stereocenters. The molecule has 152 valence electrons. The maximum absolute atomic E-state index is 12.8. The van der Waals surface area contributed by atoms with E-state index in [1.54, 1.807) is 4.74 Å². The van der Waals surface area contributed by atoms with Crippen LogP contribution in [0.5, 0.6) is 0 Å². The van der Waals surface area contributed by atoms with E-state index in [0.29, 0.717) is 0 Å². The van der Waals surface area contributed by atoms with Gasteiger partial charge in [-0.15, -0.1) is 13.2 Å². The fourth-order valence-electron chi connectivity index (χ4n) is 0.992. The summed E-state index contributed by atoms with van der Waals surface area (Å²) in [6.07, 6.45) is -33.1. The molecule has 1 unspecified atom stereocenters. The molecule has 0 aliphatic carbocycles. The molecule has 0 rings (SSSR count). The normalized spacial score (nSPS) is 16.9. The fourth-order valence-corrected chi connectivity index (χ4v) is 0.992. The molecule has 0 aromatic carbocycles. The first-order valence-corrected chi connectivity index (χ1v) is 5.24. The highest BCUT2D eigenvalue weighted by molar-refractivity contribution is 4.90. The standard InChI is InChI=1S/C8H4F14O3/c9-2(3(10,11)1-23)4(12,13)24-6(16,17)5(14,15)7(18,19)25-8(20,21)22/h2,23H,1H2. The molecule has 0 aromatic rings.